The molecule has 2 heterocycles. The van der Waals surface area contributed by atoms with Crippen molar-refractivity contribution in [3.63, 3.8) is 0 Å². The van der Waals surface area contributed by atoms with Crippen LogP contribution in [0.4, 0.5) is 0 Å². The summed E-state index contributed by atoms with van der Waals surface area (Å²) < 4.78 is 2.33. The molecule has 2 nitrogen and oxygen atoms in total. The van der Waals surface area contributed by atoms with E-state index in [-0.39, 0.29) is 11.8 Å². The van der Waals surface area contributed by atoms with Crippen LogP contribution in [0.2, 0.25) is 0 Å². The molecule has 0 amide bonds. The molecule has 1 atom stereocenters. The van der Waals surface area contributed by atoms with Crippen molar-refractivity contribution in [2.24, 2.45) is 0 Å². The molecule has 0 aliphatic carbocycles. The molecule has 7 rings (SSSR count). The van der Waals surface area contributed by atoms with E-state index in [1.165, 1.54) is 39.0 Å². The first kappa shape index (κ1) is 20.0. The van der Waals surface area contributed by atoms with E-state index in [1.807, 2.05) is 0 Å². The second-order valence-corrected chi connectivity index (χ2v) is 9.21. The van der Waals surface area contributed by atoms with Gasteiger partial charge in [-0.15, -0.1) is 0 Å². The lowest BCUT2D eigenvalue weighted by molar-refractivity contribution is 0.904. The molecule has 0 bridgehead atoms. The molecule has 1 aliphatic rings. The predicted octanol–water partition coefficient (Wildman–Crippen LogP) is 7.70. The summed E-state index contributed by atoms with van der Waals surface area (Å²) >= 11 is 0. The van der Waals surface area contributed by atoms with Gasteiger partial charge in [-0.2, -0.15) is 0 Å². The van der Waals surface area contributed by atoms with Crippen molar-refractivity contribution in [2.75, 3.05) is 0 Å². The Bertz CT molecular complexity index is 1590. The summed E-state index contributed by atoms with van der Waals surface area (Å²) in [4.78, 5) is 5.08. The van der Waals surface area contributed by atoms with Crippen LogP contribution in [0.5, 0.6) is 0 Å². The van der Waals surface area contributed by atoms with Crippen molar-refractivity contribution in [3.05, 3.63) is 167 Å². The van der Waals surface area contributed by atoms with E-state index in [9.17, 15) is 0 Å². The van der Waals surface area contributed by atoms with Crippen LogP contribution in [0.25, 0.3) is 16.7 Å². The number of fused-ring (bicyclic) bond motifs is 5. The number of hydrogen-bond donors (Lipinski definition) is 0. The van der Waals surface area contributed by atoms with Crippen molar-refractivity contribution in [3.8, 4) is 5.69 Å². The topological polar surface area (TPSA) is 17.8 Å². The van der Waals surface area contributed by atoms with Crippen LogP contribution in [0.3, 0.4) is 0 Å². The molecule has 0 spiro atoms. The van der Waals surface area contributed by atoms with Gasteiger partial charge in [-0.25, -0.2) is 4.98 Å². The van der Waals surface area contributed by atoms with Crippen LogP contribution in [-0.4, -0.2) is 9.55 Å². The minimum absolute atomic E-state index is 0.125. The molecule has 1 aromatic heterocycles. The van der Waals surface area contributed by atoms with Gasteiger partial charge in [0.2, 0.25) is 0 Å². The Morgan fingerprint density at radius 3 is 1.83 bits per heavy atom. The third-order valence-electron chi connectivity index (χ3n) is 7.20. The Morgan fingerprint density at radius 2 is 1.11 bits per heavy atom. The van der Waals surface area contributed by atoms with E-state index < -0.39 is 0 Å². The zero-order valence-electron chi connectivity index (χ0n) is 19.3. The van der Waals surface area contributed by atoms with Crippen LogP contribution in [-0.2, 0) is 0 Å². The zero-order valence-corrected chi connectivity index (χ0v) is 19.3. The summed E-state index contributed by atoms with van der Waals surface area (Å²) in [5.41, 5.74) is 9.95. The van der Waals surface area contributed by atoms with Gasteiger partial charge in [0.15, 0.2) is 0 Å². The summed E-state index contributed by atoms with van der Waals surface area (Å²) in [5, 5.41) is 0. The van der Waals surface area contributed by atoms with Crippen molar-refractivity contribution < 1.29 is 0 Å². The highest BCUT2D eigenvalue weighted by Crippen LogP contribution is 2.44. The average molecular weight is 449 g/mol. The Morgan fingerprint density at radius 1 is 0.543 bits per heavy atom. The molecular formula is C33H24N2. The van der Waals surface area contributed by atoms with Crippen LogP contribution in [0.15, 0.2) is 133 Å². The maximum atomic E-state index is 5.08. The molecule has 6 aromatic rings. The van der Waals surface area contributed by atoms with Gasteiger partial charge in [-0.05, 0) is 46.0 Å². The quantitative estimate of drug-likeness (QED) is 0.252. The highest BCUT2D eigenvalue weighted by atomic mass is 15.1. The smallest absolute Gasteiger partial charge is 0.126 e. The number of benzene rings is 5. The summed E-state index contributed by atoms with van der Waals surface area (Å²) in [6.45, 7) is 0. The molecule has 2 heteroatoms. The number of aromatic nitrogens is 2. The predicted molar refractivity (Wildman–Crippen MR) is 142 cm³/mol. The molecule has 0 saturated heterocycles. The molecule has 0 fully saturated rings. The molecule has 0 N–H and O–H groups in total. The number of rotatable bonds is 4. The number of nitrogens with zero attached hydrogens (tertiary/aromatic N) is 2. The molecular weight excluding hydrogens is 424 g/mol. The van der Waals surface area contributed by atoms with Gasteiger partial charge < -0.3 is 0 Å². The summed E-state index contributed by atoms with van der Waals surface area (Å²) in [7, 11) is 0. The van der Waals surface area contributed by atoms with E-state index in [0.717, 1.165) is 11.3 Å². The van der Waals surface area contributed by atoms with Gasteiger partial charge in [0.25, 0.3) is 0 Å². The fourth-order valence-electron chi connectivity index (χ4n) is 5.64. The fourth-order valence-corrected chi connectivity index (χ4v) is 5.64. The standard InChI is InChI=1S/C33H24N2/c1-3-11-23(12-4-1)31(24-13-5-2-6-14-24)25-19-21-26(22-20-25)32-27-15-7-9-17-29(27)35-30-18-10-8-16-28(30)34-33(32)35/h1-22,31-32H. The normalized spacial score (nSPS) is 14.3. The monoisotopic (exact) mass is 448 g/mol. The number of para-hydroxylation sites is 3. The lowest BCUT2D eigenvalue weighted by Crippen LogP contribution is -2.05. The van der Waals surface area contributed by atoms with Gasteiger partial charge in [-0.3, -0.25) is 4.57 Å². The van der Waals surface area contributed by atoms with Crippen LogP contribution in [0, 0.1) is 0 Å². The first-order valence-corrected chi connectivity index (χ1v) is 12.1. The van der Waals surface area contributed by atoms with Crippen molar-refractivity contribution in [2.45, 2.75) is 11.8 Å². The minimum Gasteiger partial charge on any atom is -0.295 e. The maximum Gasteiger partial charge on any atom is 0.126 e. The number of imidazole rings is 1. The highest BCUT2D eigenvalue weighted by molar-refractivity contribution is 5.81. The molecule has 0 saturated carbocycles. The van der Waals surface area contributed by atoms with Crippen LogP contribution >= 0.6 is 0 Å². The summed E-state index contributed by atoms with van der Waals surface area (Å²) in [6, 6.07) is 47.9. The van der Waals surface area contributed by atoms with Crippen molar-refractivity contribution >= 4 is 11.0 Å². The van der Waals surface area contributed by atoms with E-state index >= 15 is 0 Å². The SMILES string of the molecule is c1ccc(C(c2ccccc2)c2ccc(C3c4ccccc4-n4c3nc3ccccc34)cc2)cc1. The Labute approximate surface area is 205 Å². The molecule has 1 aliphatic heterocycles. The van der Waals surface area contributed by atoms with Crippen LogP contribution in [0.1, 0.15) is 45.5 Å². The average Bonchev–Trinajstić information content (AvgIpc) is 3.45. The van der Waals surface area contributed by atoms with Gasteiger partial charge in [0, 0.05) is 5.92 Å². The first-order chi connectivity index (χ1) is 17.4. The lowest BCUT2D eigenvalue weighted by Gasteiger charge is -2.20. The van der Waals surface area contributed by atoms with Gasteiger partial charge in [0.05, 0.1) is 22.6 Å². The van der Waals surface area contributed by atoms with Crippen LogP contribution < -0.4 is 0 Å². The Balaban J connectivity index is 1.35. The number of hydrogen-bond acceptors (Lipinski definition) is 1. The molecule has 5 aromatic carbocycles. The van der Waals surface area contributed by atoms with Gasteiger partial charge in [0.1, 0.15) is 5.82 Å². The van der Waals surface area contributed by atoms with E-state index in [0.29, 0.717) is 0 Å². The Hall–Kier alpha value is -4.43. The minimum atomic E-state index is 0.125. The lowest BCUT2D eigenvalue weighted by atomic mass is 9.83. The second-order valence-electron chi connectivity index (χ2n) is 9.21. The summed E-state index contributed by atoms with van der Waals surface area (Å²) in [6.07, 6.45) is 0. The third-order valence-corrected chi connectivity index (χ3v) is 7.20. The third kappa shape index (κ3) is 3.22. The maximum absolute atomic E-state index is 5.08. The molecule has 0 radical (unpaired) electrons. The Kier molecular flexibility index (Phi) is 4.63. The molecule has 166 valence electrons. The van der Waals surface area contributed by atoms with E-state index in [2.05, 4.69) is 138 Å². The molecule has 1 unspecified atom stereocenters. The summed E-state index contributed by atoms with van der Waals surface area (Å²) in [5.74, 6) is 1.43. The molecule has 35 heavy (non-hydrogen) atoms. The van der Waals surface area contributed by atoms with E-state index in [4.69, 9.17) is 4.98 Å². The zero-order chi connectivity index (χ0) is 23.2. The van der Waals surface area contributed by atoms with Gasteiger partial charge in [-0.1, -0.05) is 115 Å². The van der Waals surface area contributed by atoms with Crippen molar-refractivity contribution in [1.82, 2.24) is 9.55 Å². The highest BCUT2D eigenvalue weighted by Gasteiger charge is 2.33. The van der Waals surface area contributed by atoms with Gasteiger partial charge >= 0.3 is 0 Å². The largest absolute Gasteiger partial charge is 0.295 e. The first-order valence-electron chi connectivity index (χ1n) is 12.1. The fraction of sp³-hybridized carbons (Fsp3) is 0.0606. The van der Waals surface area contributed by atoms with Crippen molar-refractivity contribution in [1.29, 1.82) is 0 Å². The second kappa shape index (κ2) is 8.11. The van der Waals surface area contributed by atoms with E-state index in [1.54, 1.807) is 0 Å².